The van der Waals surface area contributed by atoms with E-state index in [0.717, 1.165) is 24.5 Å². The van der Waals surface area contributed by atoms with E-state index in [1.807, 2.05) is 0 Å². The van der Waals surface area contributed by atoms with E-state index in [1.165, 1.54) is 18.2 Å². The van der Waals surface area contributed by atoms with Gasteiger partial charge in [0.25, 0.3) is 0 Å². The summed E-state index contributed by atoms with van der Waals surface area (Å²) in [5, 5.41) is 17.9. The van der Waals surface area contributed by atoms with Gasteiger partial charge in [0, 0.05) is 31.1 Å². The number of halogens is 3. The van der Waals surface area contributed by atoms with Crippen molar-refractivity contribution in [2.75, 3.05) is 17.7 Å². The number of rotatable bonds is 7. The van der Waals surface area contributed by atoms with E-state index in [-0.39, 0.29) is 30.0 Å². The number of aromatic nitrogens is 3. The fourth-order valence-electron chi connectivity index (χ4n) is 4.39. The first kappa shape index (κ1) is 25.9. The first-order chi connectivity index (χ1) is 17.8. The zero-order valence-electron chi connectivity index (χ0n) is 20.1. The Hall–Kier alpha value is -4.20. The molecule has 0 bridgehead atoms. The molecule has 0 aliphatic heterocycles. The highest BCUT2D eigenvalue weighted by Crippen LogP contribution is 2.32. The molecular weight excluding hydrogens is 483 g/mol. The lowest BCUT2D eigenvalue weighted by atomic mass is 9.85. The van der Waals surface area contributed by atoms with E-state index < -0.39 is 11.7 Å². The summed E-state index contributed by atoms with van der Waals surface area (Å²) in [4.78, 5) is 26.1. The van der Waals surface area contributed by atoms with Crippen molar-refractivity contribution < 1.29 is 18.0 Å². The van der Waals surface area contributed by atoms with E-state index in [4.69, 9.17) is 5.26 Å². The van der Waals surface area contributed by atoms with Gasteiger partial charge in [-0.2, -0.15) is 33.4 Å². The van der Waals surface area contributed by atoms with Crippen molar-refractivity contribution >= 4 is 17.8 Å². The third-order valence-electron chi connectivity index (χ3n) is 6.29. The molecule has 1 aromatic heterocycles. The fourth-order valence-corrected chi connectivity index (χ4v) is 4.39. The molecule has 2 unspecified atom stereocenters. The molecule has 1 saturated carbocycles. The number of carbonyl (C=O) groups is 1. The summed E-state index contributed by atoms with van der Waals surface area (Å²) in [6.45, 7) is -0.184. The SMILES string of the molecule is CNc1nc(NC2CCCC(C(=O)NCc3ccccc3C(F)(F)F)C2)nc(-c2ccc(C#N)cc2)n1. The molecule has 37 heavy (non-hydrogen) atoms. The number of carbonyl (C=O) groups excluding carboxylic acids is 1. The summed E-state index contributed by atoms with van der Waals surface area (Å²) >= 11 is 0. The van der Waals surface area contributed by atoms with Crippen LogP contribution in [-0.2, 0) is 17.5 Å². The molecule has 0 radical (unpaired) electrons. The van der Waals surface area contributed by atoms with Crippen LogP contribution in [0.2, 0.25) is 0 Å². The predicted octanol–water partition coefficient (Wildman–Crippen LogP) is 4.76. The molecule has 1 fully saturated rings. The molecule has 8 nitrogen and oxygen atoms in total. The summed E-state index contributed by atoms with van der Waals surface area (Å²) in [7, 11) is 1.69. The molecule has 11 heteroatoms. The maximum atomic E-state index is 13.3. The maximum absolute atomic E-state index is 13.3. The molecule has 1 amide bonds. The highest BCUT2D eigenvalue weighted by atomic mass is 19.4. The third-order valence-corrected chi connectivity index (χ3v) is 6.29. The van der Waals surface area contributed by atoms with Crippen molar-refractivity contribution in [1.82, 2.24) is 20.3 Å². The Morgan fingerprint density at radius 2 is 1.78 bits per heavy atom. The van der Waals surface area contributed by atoms with Crippen LogP contribution in [-0.4, -0.2) is 33.9 Å². The largest absolute Gasteiger partial charge is 0.416 e. The minimum atomic E-state index is -4.48. The molecule has 3 aromatic rings. The van der Waals surface area contributed by atoms with E-state index in [2.05, 4.69) is 37.0 Å². The number of alkyl halides is 3. The van der Waals surface area contributed by atoms with Gasteiger partial charge in [0.05, 0.1) is 17.2 Å². The number of hydrogen-bond acceptors (Lipinski definition) is 7. The van der Waals surface area contributed by atoms with Crippen LogP contribution in [0.15, 0.2) is 48.5 Å². The molecule has 2 aromatic carbocycles. The van der Waals surface area contributed by atoms with E-state index in [9.17, 15) is 18.0 Å². The Morgan fingerprint density at radius 1 is 1.05 bits per heavy atom. The van der Waals surface area contributed by atoms with E-state index in [0.29, 0.717) is 36.1 Å². The van der Waals surface area contributed by atoms with Gasteiger partial charge in [0.15, 0.2) is 5.82 Å². The van der Waals surface area contributed by atoms with Crippen molar-refractivity contribution in [3.05, 3.63) is 65.2 Å². The summed E-state index contributed by atoms with van der Waals surface area (Å²) in [6, 6.07) is 14.1. The number of benzene rings is 2. The van der Waals surface area contributed by atoms with Crippen LogP contribution in [0, 0.1) is 17.2 Å². The lowest BCUT2D eigenvalue weighted by Crippen LogP contribution is -2.37. The molecule has 4 rings (SSSR count). The van der Waals surface area contributed by atoms with Crippen LogP contribution in [0.1, 0.15) is 42.4 Å². The minimum absolute atomic E-state index is 0.0361. The number of amides is 1. The first-order valence-corrected chi connectivity index (χ1v) is 11.9. The Morgan fingerprint density at radius 3 is 2.49 bits per heavy atom. The number of nitrogens with one attached hydrogen (secondary N) is 3. The second-order valence-electron chi connectivity index (χ2n) is 8.82. The summed E-state index contributed by atoms with van der Waals surface area (Å²) in [6.07, 6.45) is -1.75. The van der Waals surface area contributed by atoms with Crippen molar-refractivity contribution in [1.29, 1.82) is 5.26 Å². The van der Waals surface area contributed by atoms with Gasteiger partial charge >= 0.3 is 6.18 Å². The van der Waals surface area contributed by atoms with Gasteiger partial charge in [-0.1, -0.05) is 24.6 Å². The molecule has 1 heterocycles. The summed E-state index contributed by atoms with van der Waals surface area (Å²) < 4.78 is 39.8. The standard InChI is InChI=1S/C26H26F3N7O/c1-31-24-34-22(17-11-9-16(14-30)10-12-17)35-25(36-24)33-20-7-4-6-18(13-20)23(37)32-15-19-5-2-3-8-21(19)26(27,28)29/h2-3,5,8-12,18,20H,4,6-7,13,15H2,1H3,(H,32,37)(H2,31,33,34,35,36). The Labute approximate surface area is 212 Å². The highest BCUT2D eigenvalue weighted by Gasteiger charge is 2.33. The van der Waals surface area contributed by atoms with Gasteiger partial charge in [0.2, 0.25) is 17.8 Å². The van der Waals surface area contributed by atoms with Gasteiger partial charge in [-0.3, -0.25) is 4.79 Å². The second-order valence-corrected chi connectivity index (χ2v) is 8.82. The van der Waals surface area contributed by atoms with Crippen LogP contribution in [0.4, 0.5) is 25.1 Å². The fraction of sp³-hybridized carbons (Fsp3) is 0.346. The van der Waals surface area contributed by atoms with Crippen LogP contribution in [0.5, 0.6) is 0 Å². The average molecular weight is 510 g/mol. The Bertz CT molecular complexity index is 1290. The number of nitriles is 1. The predicted molar refractivity (Wildman–Crippen MR) is 132 cm³/mol. The van der Waals surface area contributed by atoms with Gasteiger partial charge in [-0.25, -0.2) is 0 Å². The number of nitrogens with zero attached hydrogens (tertiary/aromatic N) is 4. The van der Waals surface area contributed by atoms with Crippen molar-refractivity contribution in [3.63, 3.8) is 0 Å². The molecular formula is C26H26F3N7O. The topological polar surface area (TPSA) is 116 Å². The smallest absolute Gasteiger partial charge is 0.357 e. The highest BCUT2D eigenvalue weighted by molar-refractivity contribution is 5.79. The van der Waals surface area contributed by atoms with Gasteiger partial charge in [-0.15, -0.1) is 0 Å². The summed E-state index contributed by atoms with van der Waals surface area (Å²) in [5.74, 6) is 0.537. The number of anilines is 2. The quantitative estimate of drug-likeness (QED) is 0.421. The monoisotopic (exact) mass is 509 g/mol. The van der Waals surface area contributed by atoms with Crippen molar-refractivity contribution in [2.24, 2.45) is 5.92 Å². The van der Waals surface area contributed by atoms with Crippen LogP contribution < -0.4 is 16.0 Å². The molecule has 3 N–H and O–H groups in total. The molecule has 1 aliphatic rings. The van der Waals surface area contributed by atoms with Crippen molar-refractivity contribution in [2.45, 2.75) is 44.4 Å². The number of hydrogen-bond donors (Lipinski definition) is 3. The van der Waals surface area contributed by atoms with Crippen LogP contribution in [0.25, 0.3) is 11.4 Å². The van der Waals surface area contributed by atoms with Gasteiger partial charge in [-0.05, 0) is 55.2 Å². The lowest BCUT2D eigenvalue weighted by molar-refractivity contribution is -0.138. The Kier molecular flexibility index (Phi) is 7.86. The van der Waals surface area contributed by atoms with Crippen LogP contribution in [0.3, 0.4) is 0 Å². The molecule has 2 atom stereocenters. The third kappa shape index (κ3) is 6.52. The van der Waals surface area contributed by atoms with Gasteiger partial charge in [0.1, 0.15) is 0 Å². The molecule has 0 saturated heterocycles. The van der Waals surface area contributed by atoms with Crippen molar-refractivity contribution in [3.8, 4) is 17.5 Å². The normalized spacial score (nSPS) is 17.5. The van der Waals surface area contributed by atoms with Crippen LogP contribution >= 0.6 is 0 Å². The zero-order chi connectivity index (χ0) is 26.4. The molecule has 1 aliphatic carbocycles. The lowest BCUT2D eigenvalue weighted by Gasteiger charge is -2.29. The Balaban J connectivity index is 1.42. The maximum Gasteiger partial charge on any atom is 0.416 e. The molecule has 0 spiro atoms. The average Bonchev–Trinajstić information content (AvgIpc) is 2.91. The zero-order valence-corrected chi connectivity index (χ0v) is 20.1. The summed E-state index contributed by atoms with van der Waals surface area (Å²) in [5.41, 5.74) is 0.542. The van der Waals surface area contributed by atoms with E-state index >= 15 is 0 Å². The van der Waals surface area contributed by atoms with Gasteiger partial charge < -0.3 is 16.0 Å². The van der Waals surface area contributed by atoms with E-state index in [1.54, 1.807) is 31.3 Å². The first-order valence-electron chi connectivity index (χ1n) is 11.9. The molecule has 192 valence electrons. The second kappa shape index (κ2) is 11.2. The minimum Gasteiger partial charge on any atom is -0.357 e.